The number of carboxylic acid groups (broad SMARTS) is 1. The number of hydrogen-bond donors (Lipinski definition) is 2. The lowest BCUT2D eigenvalue weighted by Crippen LogP contribution is -2.46. The van der Waals surface area contributed by atoms with E-state index in [4.69, 9.17) is 11.6 Å². The first-order chi connectivity index (χ1) is 9.36. The third kappa shape index (κ3) is 4.23. The molecule has 1 aromatic carbocycles. The maximum atomic E-state index is 12.2. The minimum atomic E-state index is -1.01. The maximum Gasteiger partial charge on any atom is 0.326 e. The zero-order chi connectivity index (χ0) is 15.3. The van der Waals surface area contributed by atoms with Crippen molar-refractivity contribution in [1.82, 2.24) is 5.32 Å². The minimum Gasteiger partial charge on any atom is -0.480 e. The van der Waals surface area contributed by atoms with Gasteiger partial charge in [0.05, 0.1) is 5.92 Å². The summed E-state index contributed by atoms with van der Waals surface area (Å²) >= 11 is 5.90. The predicted octanol–water partition coefficient (Wildman–Crippen LogP) is 3.06. The molecule has 0 aliphatic heterocycles. The third-order valence-corrected chi connectivity index (χ3v) is 3.75. The molecule has 0 aliphatic carbocycles. The lowest BCUT2D eigenvalue weighted by Gasteiger charge is -2.22. The zero-order valence-electron chi connectivity index (χ0n) is 11.9. The average molecular weight is 298 g/mol. The van der Waals surface area contributed by atoms with Gasteiger partial charge in [0.1, 0.15) is 6.04 Å². The molecule has 0 bridgehead atoms. The SMILES string of the molecule is CCC(C)C(NC(=O)C(C)c1cccc(Cl)c1)C(=O)O. The highest BCUT2D eigenvalue weighted by Crippen LogP contribution is 2.20. The van der Waals surface area contributed by atoms with Gasteiger partial charge in [0.25, 0.3) is 0 Å². The van der Waals surface area contributed by atoms with Crippen LogP contribution in [0.25, 0.3) is 0 Å². The van der Waals surface area contributed by atoms with E-state index in [1.54, 1.807) is 31.2 Å². The summed E-state index contributed by atoms with van der Waals surface area (Å²) in [6, 6.07) is 6.15. The Morgan fingerprint density at radius 2 is 2.00 bits per heavy atom. The van der Waals surface area contributed by atoms with E-state index < -0.39 is 17.9 Å². The average Bonchev–Trinajstić information content (AvgIpc) is 2.42. The minimum absolute atomic E-state index is 0.122. The zero-order valence-corrected chi connectivity index (χ0v) is 12.6. The normalized spacial score (nSPS) is 15.2. The number of hydrogen-bond acceptors (Lipinski definition) is 2. The van der Waals surface area contributed by atoms with E-state index in [1.165, 1.54) is 0 Å². The molecule has 0 saturated carbocycles. The van der Waals surface area contributed by atoms with Gasteiger partial charge in [-0.15, -0.1) is 0 Å². The topological polar surface area (TPSA) is 66.4 Å². The van der Waals surface area contributed by atoms with Crippen LogP contribution < -0.4 is 5.32 Å². The fourth-order valence-corrected chi connectivity index (χ4v) is 2.09. The molecule has 0 fully saturated rings. The molecule has 110 valence electrons. The van der Waals surface area contributed by atoms with Crippen LogP contribution in [0.2, 0.25) is 5.02 Å². The molecule has 20 heavy (non-hydrogen) atoms. The Labute approximate surface area is 124 Å². The fraction of sp³-hybridized carbons (Fsp3) is 0.467. The number of carboxylic acids is 1. The molecule has 3 unspecified atom stereocenters. The lowest BCUT2D eigenvalue weighted by molar-refractivity contribution is -0.143. The summed E-state index contributed by atoms with van der Waals surface area (Å²) in [5.74, 6) is -1.88. The smallest absolute Gasteiger partial charge is 0.326 e. The molecular formula is C15H20ClNO3. The largest absolute Gasteiger partial charge is 0.480 e. The molecule has 1 rings (SSSR count). The highest BCUT2D eigenvalue weighted by atomic mass is 35.5. The number of rotatable bonds is 6. The van der Waals surface area contributed by atoms with E-state index in [0.717, 1.165) is 5.56 Å². The summed E-state index contributed by atoms with van der Waals surface area (Å²) in [7, 11) is 0. The molecule has 0 aromatic heterocycles. The van der Waals surface area contributed by atoms with Crippen LogP contribution in [-0.4, -0.2) is 23.0 Å². The van der Waals surface area contributed by atoms with Crippen molar-refractivity contribution in [1.29, 1.82) is 0 Å². The molecule has 0 aliphatic rings. The Morgan fingerprint density at radius 1 is 1.35 bits per heavy atom. The number of halogens is 1. The first kappa shape index (κ1) is 16.5. The Hall–Kier alpha value is -1.55. The number of nitrogens with one attached hydrogen (secondary N) is 1. The van der Waals surface area contributed by atoms with Gasteiger partial charge in [-0.3, -0.25) is 4.79 Å². The summed E-state index contributed by atoms with van der Waals surface area (Å²) < 4.78 is 0. The molecule has 2 N–H and O–H groups in total. The second kappa shape index (κ2) is 7.29. The van der Waals surface area contributed by atoms with Crippen molar-refractivity contribution in [2.45, 2.75) is 39.2 Å². The summed E-state index contributed by atoms with van der Waals surface area (Å²) in [5.41, 5.74) is 0.767. The molecule has 1 amide bonds. The van der Waals surface area contributed by atoms with Crippen molar-refractivity contribution in [3.63, 3.8) is 0 Å². The fourth-order valence-electron chi connectivity index (χ4n) is 1.89. The number of amides is 1. The summed E-state index contributed by atoms with van der Waals surface area (Å²) in [6.07, 6.45) is 0.683. The van der Waals surface area contributed by atoms with Crippen molar-refractivity contribution in [2.24, 2.45) is 5.92 Å². The Kier molecular flexibility index (Phi) is 6.02. The van der Waals surface area contributed by atoms with Gasteiger partial charge >= 0.3 is 5.97 Å². The predicted molar refractivity (Wildman–Crippen MR) is 78.9 cm³/mol. The van der Waals surface area contributed by atoms with Crippen LogP contribution in [0.15, 0.2) is 24.3 Å². The second-order valence-corrected chi connectivity index (χ2v) is 5.42. The van der Waals surface area contributed by atoms with Crippen LogP contribution in [0, 0.1) is 5.92 Å². The van der Waals surface area contributed by atoms with Crippen LogP contribution in [0.5, 0.6) is 0 Å². The van der Waals surface area contributed by atoms with Gasteiger partial charge in [-0.1, -0.05) is 44.0 Å². The molecule has 0 saturated heterocycles. The quantitative estimate of drug-likeness (QED) is 0.848. The van der Waals surface area contributed by atoms with Gasteiger partial charge in [0.15, 0.2) is 0 Å². The van der Waals surface area contributed by atoms with Crippen molar-refractivity contribution >= 4 is 23.5 Å². The molecule has 1 aromatic rings. The third-order valence-electron chi connectivity index (χ3n) is 3.52. The van der Waals surface area contributed by atoms with Crippen molar-refractivity contribution in [3.05, 3.63) is 34.9 Å². The second-order valence-electron chi connectivity index (χ2n) is 4.99. The van der Waals surface area contributed by atoms with E-state index in [0.29, 0.717) is 11.4 Å². The van der Waals surface area contributed by atoms with E-state index in [9.17, 15) is 14.7 Å². The van der Waals surface area contributed by atoms with Gasteiger partial charge in [-0.25, -0.2) is 4.79 Å². The molecule has 3 atom stereocenters. The van der Waals surface area contributed by atoms with E-state index in [1.807, 2.05) is 13.8 Å². The van der Waals surface area contributed by atoms with Gasteiger partial charge in [-0.2, -0.15) is 0 Å². The first-order valence-corrected chi connectivity index (χ1v) is 7.03. The highest BCUT2D eigenvalue weighted by molar-refractivity contribution is 6.30. The Balaban J connectivity index is 2.81. The highest BCUT2D eigenvalue weighted by Gasteiger charge is 2.27. The summed E-state index contributed by atoms with van der Waals surface area (Å²) in [4.78, 5) is 23.4. The lowest BCUT2D eigenvalue weighted by atomic mass is 9.96. The Bertz CT molecular complexity index is 490. The van der Waals surface area contributed by atoms with E-state index in [2.05, 4.69) is 5.32 Å². The molecule has 0 radical (unpaired) electrons. The number of benzene rings is 1. The van der Waals surface area contributed by atoms with E-state index >= 15 is 0 Å². The molecular weight excluding hydrogens is 278 g/mol. The van der Waals surface area contributed by atoms with Crippen LogP contribution >= 0.6 is 11.6 Å². The number of carbonyl (C=O) groups excluding carboxylic acids is 1. The van der Waals surface area contributed by atoms with Gasteiger partial charge in [-0.05, 0) is 30.5 Å². The van der Waals surface area contributed by atoms with Gasteiger partial charge in [0, 0.05) is 5.02 Å². The van der Waals surface area contributed by atoms with Crippen molar-refractivity contribution in [3.8, 4) is 0 Å². The monoisotopic (exact) mass is 297 g/mol. The maximum absolute atomic E-state index is 12.2. The molecule has 4 nitrogen and oxygen atoms in total. The number of aliphatic carboxylic acids is 1. The summed E-state index contributed by atoms with van der Waals surface area (Å²) in [5, 5.41) is 12.3. The van der Waals surface area contributed by atoms with Gasteiger partial charge < -0.3 is 10.4 Å². The van der Waals surface area contributed by atoms with Crippen LogP contribution in [0.3, 0.4) is 0 Å². The number of carbonyl (C=O) groups is 2. The standard InChI is InChI=1S/C15H20ClNO3/c1-4-9(2)13(15(19)20)17-14(18)10(3)11-6-5-7-12(16)8-11/h5-10,13H,4H2,1-3H3,(H,17,18)(H,19,20). The molecule has 5 heteroatoms. The van der Waals surface area contributed by atoms with Crippen molar-refractivity contribution in [2.75, 3.05) is 0 Å². The van der Waals surface area contributed by atoms with Crippen molar-refractivity contribution < 1.29 is 14.7 Å². The molecule has 0 spiro atoms. The molecule has 0 heterocycles. The van der Waals surface area contributed by atoms with Crippen LogP contribution in [-0.2, 0) is 9.59 Å². The first-order valence-electron chi connectivity index (χ1n) is 6.65. The van der Waals surface area contributed by atoms with E-state index in [-0.39, 0.29) is 11.8 Å². The van der Waals surface area contributed by atoms with Crippen LogP contribution in [0.4, 0.5) is 0 Å². The van der Waals surface area contributed by atoms with Gasteiger partial charge in [0.2, 0.25) is 5.91 Å². The summed E-state index contributed by atoms with van der Waals surface area (Å²) in [6.45, 7) is 5.44. The Morgan fingerprint density at radius 3 is 2.50 bits per heavy atom. The van der Waals surface area contributed by atoms with Crippen LogP contribution in [0.1, 0.15) is 38.7 Å².